The number of aromatic amines is 1. The number of halogens is 3. The Kier molecular flexibility index (Phi) is 2.90. The van der Waals surface area contributed by atoms with E-state index in [9.17, 15) is 18.0 Å². The lowest BCUT2D eigenvalue weighted by Gasteiger charge is -2.05. The van der Waals surface area contributed by atoms with Crippen molar-refractivity contribution in [3.8, 4) is 0 Å². The SMILES string of the molecule is NCc1cnc(CC(F)(F)F)[nH]c1=O. The van der Waals surface area contributed by atoms with Gasteiger partial charge in [0.05, 0.1) is 0 Å². The Morgan fingerprint density at radius 1 is 1.50 bits per heavy atom. The number of hydrogen-bond acceptors (Lipinski definition) is 3. The molecule has 0 saturated carbocycles. The summed E-state index contributed by atoms with van der Waals surface area (Å²) < 4.78 is 35.6. The molecule has 0 aliphatic rings. The van der Waals surface area contributed by atoms with Gasteiger partial charge in [-0.05, 0) is 0 Å². The molecule has 1 rings (SSSR count). The fraction of sp³-hybridized carbons (Fsp3) is 0.429. The number of nitrogens with two attached hydrogens (primary N) is 1. The molecule has 0 aromatic carbocycles. The molecule has 7 heteroatoms. The predicted molar refractivity (Wildman–Crippen MR) is 42.5 cm³/mol. The van der Waals surface area contributed by atoms with Gasteiger partial charge < -0.3 is 10.7 Å². The summed E-state index contributed by atoms with van der Waals surface area (Å²) in [6.07, 6.45) is -4.56. The van der Waals surface area contributed by atoms with Gasteiger partial charge in [0.25, 0.3) is 5.56 Å². The maximum Gasteiger partial charge on any atom is 0.396 e. The number of H-pyrrole nitrogens is 1. The minimum atomic E-state index is -4.37. The fourth-order valence-electron chi connectivity index (χ4n) is 0.883. The van der Waals surface area contributed by atoms with Gasteiger partial charge in [0, 0.05) is 18.3 Å². The minimum absolute atomic E-state index is 0.0470. The van der Waals surface area contributed by atoms with Crippen molar-refractivity contribution >= 4 is 0 Å². The molecule has 0 saturated heterocycles. The molecule has 78 valence electrons. The zero-order valence-electron chi connectivity index (χ0n) is 7.06. The highest BCUT2D eigenvalue weighted by Gasteiger charge is 2.29. The van der Waals surface area contributed by atoms with Crippen molar-refractivity contribution in [3.63, 3.8) is 0 Å². The second-order valence-electron chi connectivity index (χ2n) is 2.68. The van der Waals surface area contributed by atoms with E-state index >= 15 is 0 Å². The molecule has 14 heavy (non-hydrogen) atoms. The van der Waals surface area contributed by atoms with Crippen LogP contribution in [0.25, 0.3) is 0 Å². The smallest absolute Gasteiger partial charge is 0.326 e. The lowest BCUT2D eigenvalue weighted by molar-refractivity contribution is -0.128. The van der Waals surface area contributed by atoms with Gasteiger partial charge in [-0.25, -0.2) is 4.98 Å². The third-order valence-electron chi connectivity index (χ3n) is 1.51. The molecule has 0 atom stereocenters. The van der Waals surface area contributed by atoms with Crippen LogP contribution in [0.15, 0.2) is 11.0 Å². The zero-order valence-corrected chi connectivity index (χ0v) is 7.06. The van der Waals surface area contributed by atoms with Gasteiger partial charge in [-0.15, -0.1) is 0 Å². The van der Waals surface area contributed by atoms with Crippen molar-refractivity contribution in [1.82, 2.24) is 9.97 Å². The molecule has 0 bridgehead atoms. The van der Waals surface area contributed by atoms with Crippen molar-refractivity contribution < 1.29 is 13.2 Å². The van der Waals surface area contributed by atoms with Gasteiger partial charge in [0.2, 0.25) is 0 Å². The topological polar surface area (TPSA) is 71.8 Å². The Morgan fingerprint density at radius 3 is 2.57 bits per heavy atom. The molecule has 1 aromatic heterocycles. The first kappa shape index (κ1) is 10.7. The standard InChI is InChI=1S/C7H8F3N3O/c8-7(9,10)1-5-12-3-4(2-11)6(14)13-5/h3H,1-2,11H2,(H,12,13,14). The van der Waals surface area contributed by atoms with Crippen LogP contribution in [0.2, 0.25) is 0 Å². The van der Waals surface area contributed by atoms with Crippen LogP contribution in [0, 0.1) is 0 Å². The normalized spacial score (nSPS) is 11.7. The summed E-state index contributed by atoms with van der Waals surface area (Å²) in [6.45, 7) is -0.0470. The maximum absolute atomic E-state index is 11.9. The lowest BCUT2D eigenvalue weighted by Crippen LogP contribution is -2.22. The van der Waals surface area contributed by atoms with E-state index in [4.69, 9.17) is 5.73 Å². The molecule has 4 nitrogen and oxygen atoms in total. The Morgan fingerprint density at radius 2 is 2.14 bits per heavy atom. The van der Waals surface area contributed by atoms with Gasteiger partial charge in [-0.3, -0.25) is 4.79 Å². The number of aromatic nitrogens is 2. The largest absolute Gasteiger partial charge is 0.396 e. The Hall–Kier alpha value is -1.37. The van der Waals surface area contributed by atoms with E-state index in [1.54, 1.807) is 0 Å². The van der Waals surface area contributed by atoms with E-state index in [-0.39, 0.29) is 12.1 Å². The molecular formula is C7H8F3N3O. The highest BCUT2D eigenvalue weighted by Crippen LogP contribution is 2.18. The molecule has 1 aromatic rings. The van der Waals surface area contributed by atoms with E-state index in [1.807, 2.05) is 4.98 Å². The maximum atomic E-state index is 11.9. The molecule has 0 fully saturated rings. The van der Waals surface area contributed by atoms with E-state index in [0.717, 1.165) is 6.20 Å². The molecule has 0 radical (unpaired) electrons. The first-order valence-corrected chi connectivity index (χ1v) is 3.76. The zero-order chi connectivity index (χ0) is 10.8. The molecule has 0 amide bonds. The van der Waals surface area contributed by atoms with Crippen molar-refractivity contribution in [2.24, 2.45) is 5.73 Å². The van der Waals surface area contributed by atoms with Crippen molar-refractivity contribution in [2.75, 3.05) is 0 Å². The molecule has 3 N–H and O–H groups in total. The van der Waals surface area contributed by atoms with Crippen LogP contribution in [-0.2, 0) is 13.0 Å². The third kappa shape index (κ3) is 2.84. The number of rotatable bonds is 2. The van der Waals surface area contributed by atoms with E-state index in [2.05, 4.69) is 4.98 Å². The fourth-order valence-corrected chi connectivity index (χ4v) is 0.883. The van der Waals surface area contributed by atoms with Crippen LogP contribution in [0.5, 0.6) is 0 Å². The molecule has 0 spiro atoms. The van der Waals surface area contributed by atoms with Crippen LogP contribution in [-0.4, -0.2) is 16.1 Å². The van der Waals surface area contributed by atoms with Crippen LogP contribution in [0.3, 0.4) is 0 Å². The Labute approximate surface area is 77.0 Å². The number of nitrogens with zero attached hydrogens (tertiary/aromatic N) is 1. The van der Waals surface area contributed by atoms with E-state index in [0.29, 0.717) is 0 Å². The predicted octanol–water partition coefficient (Wildman–Crippen LogP) is 0.333. The molecule has 0 aliphatic heterocycles. The molecule has 1 heterocycles. The van der Waals surface area contributed by atoms with Crippen LogP contribution in [0.4, 0.5) is 13.2 Å². The average molecular weight is 207 g/mol. The van der Waals surface area contributed by atoms with E-state index in [1.165, 1.54) is 0 Å². The highest BCUT2D eigenvalue weighted by atomic mass is 19.4. The van der Waals surface area contributed by atoms with Gasteiger partial charge in [0.1, 0.15) is 12.2 Å². The Bertz CT molecular complexity index is 371. The summed E-state index contributed by atoms with van der Waals surface area (Å²) in [5.41, 5.74) is 4.69. The summed E-state index contributed by atoms with van der Waals surface area (Å²) >= 11 is 0. The minimum Gasteiger partial charge on any atom is -0.326 e. The Balaban J connectivity index is 2.93. The summed E-state index contributed by atoms with van der Waals surface area (Å²) in [5, 5.41) is 0. The first-order valence-electron chi connectivity index (χ1n) is 3.76. The third-order valence-corrected chi connectivity index (χ3v) is 1.51. The summed E-state index contributed by atoms with van der Waals surface area (Å²) in [5.74, 6) is -0.403. The average Bonchev–Trinajstić information content (AvgIpc) is 2.01. The number of hydrogen-bond donors (Lipinski definition) is 2. The monoisotopic (exact) mass is 207 g/mol. The van der Waals surface area contributed by atoms with Gasteiger partial charge in [0.15, 0.2) is 0 Å². The molecular weight excluding hydrogens is 199 g/mol. The summed E-state index contributed by atoms with van der Waals surface area (Å²) in [6, 6.07) is 0. The van der Waals surface area contributed by atoms with Crippen molar-refractivity contribution in [2.45, 2.75) is 19.1 Å². The summed E-state index contributed by atoms with van der Waals surface area (Å²) in [4.78, 5) is 16.5. The second-order valence-corrected chi connectivity index (χ2v) is 2.68. The summed E-state index contributed by atoms with van der Waals surface area (Å²) in [7, 11) is 0. The van der Waals surface area contributed by atoms with E-state index < -0.39 is 24.0 Å². The van der Waals surface area contributed by atoms with Crippen LogP contribution in [0.1, 0.15) is 11.4 Å². The molecule has 0 unspecified atom stereocenters. The number of alkyl halides is 3. The van der Waals surface area contributed by atoms with Crippen molar-refractivity contribution in [1.29, 1.82) is 0 Å². The van der Waals surface area contributed by atoms with Crippen LogP contribution >= 0.6 is 0 Å². The quantitative estimate of drug-likeness (QED) is 0.734. The van der Waals surface area contributed by atoms with Crippen molar-refractivity contribution in [3.05, 3.63) is 27.9 Å². The van der Waals surface area contributed by atoms with Gasteiger partial charge in [-0.2, -0.15) is 13.2 Å². The first-order chi connectivity index (χ1) is 6.42. The van der Waals surface area contributed by atoms with Gasteiger partial charge in [-0.1, -0.05) is 0 Å². The van der Waals surface area contributed by atoms with Gasteiger partial charge >= 0.3 is 6.18 Å². The highest BCUT2D eigenvalue weighted by molar-refractivity contribution is 5.05. The molecule has 0 aliphatic carbocycles. The second kappa shape index (κ2) is 3.79. The number of nitrogens with one attached hydrogen (secondary N) is 1. The van der Waals surface area contributed by atoms with Crippen LogP contribution < -0.4 is 11.3 Å². The lowest BCUT2D eigenvalue weighted by atomic mass is 10.3.